The third-order valence-electron chi connectivity index (χ3n) is 9.46. The van der Waals surface area contributed by atoms with Crippen molar-refractivity contribution in [3.8, 4) is 11.1 Å². The minimum Gasteiger partial charge on any atom is -0.356 e. The zero-order valence-corrected chi connectivity index (χ0v) is 24.9. The molecule has 3 aliphatic heterocycles. The maximum absolute atomic E-state index is 16.8. The number of aryl methyl sites for hydroxylation is 1. The number of likely N-dealkylation sites (tertiary alicyclic amines) is 1. The first kappa shape index (κ1) is 27.1. The molecule has 7 rings (SSSR count). The zero-order chi connectivity index (χ0) is 29.3. The maximum atomic E-state index is 16.8. The van der Waals surface area contributed by atoms with E-state index in [1.165, 1.54) is 6.08 Å². The van der Waals surface area contributed by atoms with Gasteiger partial charge in [0.2, 0.25) is 11.9 Å². The van der Waals surface area contributed by atoms with Crippen molar-refractivity contribution in [1.82, 2.24) is 30.0 Å². The largest absolute Gasteiger partial charge is 0.356 e. The number of benzene rings is 2. The van der Waals surface area contributed by atoms with E-state index in [-0.39, 0.29) is 16.8 Å². The Morgan fingerprint density at radius 3 is 2.60 bits per heavy atom. The van der Waals surface area contributed by atoms with Crippen molar-refractivity contribution in [1.29, 1.82) is 0 Å². The molecule has 0 saturated carbocycles. The highest BCUT2D eigenvalue weighted by Crippen LogP contribution is 2.45. The number of anilines is 2. The summed E-state index contributed by atoms with van der Waals surface area (Å²) in [5.41, 5.74) is 3.03. The number of nitrogens with one attached hydrogen (secondary N) is 1. The van der Waals surface area contributed by atoms with E-state index < -0.39 is 5.82 Å². The first-order valence-electron chi connectivity index (χ1n) is 14.4. The van der Waals surface area contributed by atoms with Gasteiger partial charge in [-0.25, -0.2) is 9.37 Å². The summed E-state index contributed by atoms with van der Waals surface area (Å²) in [4.78, 5) is 30.3. The van der Waals surface area contributed by atoms with Gasteiger partial charge in [0.25, 0.3) is 0 Å². The van der Waals surface area contributed by atoms with Gasteiger partial charge in [0.15, 0.2) is 5.82 Å². The van der Waals surface area contributed by atoms with Crippen LogP contribution in [0.1, 0.15) is 18.4 Å². The summed E-state index contributed by atoms with van der Waals surface area (Å²) in [5.74, 6) is 0.775. The number of likely N-dealkylation sites (N-methyl/N-ethyl adjacent to an activating group) is 1. The number of aromatic nitrogens is 4. The van der Waals surface area contributed by atoms with E-state index in [0.717, 1.165) is 68.6 Å². The summed E-state index contributed by atoms with van der Waals surface area (Å²) < 4.78 is 16.8. The second-order valence-corrected chi connectivity index (χ2v) is 12.7. The van der Waals surface area contributed by atoms with Gasteiger partial charge < -0.3 is 19.6 Å². The number of carbonyl (C=O) groups is 1. The van der Waals surface area contributed by atoms with Crippen LogP contribution in [0.3, 0.4) is 0 Å². The Kier molecular flexibility index (Phi) is 6.40. The Labute approximate surface area is 248 Å². The minimum atomic E-state index is -0.455. The molecule has 11 heteroatoms. The molecule has 9 nitrogen and oxygen atoms in total. The van der Waals surface area contributed by atoms with Crippen LogP contribution in [0.2, 0.25) is 5.02 Å². The highest BCUT2D eigenvalue weighted by atomic mass is 35.5. The highest BCUT2D eigenvalue weighted by Gasteiger charge is 2.46. The van der Waals surface area contributed by atoms with E-state index >= 15 is 4.39 Å². The van der Waals surface area contributed by atoms with Crippen molar-refractivity contribution in [2.45, 2.75) is 25.8 Å². The van der Waals surface area contributed by atoms with E-state index in [1.54, 1.807) is 6.20 Å². The summed E-state index contributed by atoms with van der Waals surface area (Å²) in [5, 5.41) is 9.02. The molecule has 42 heavy (non-hydrogen) atoms. The molecule has 0 bridgehead atoms. The Bertz CT molecular complexity index is 1730. The second kappa shape index (κ2) is 9.91. The molecule has 2 aromatic heterocycles. The molecule has 0 unspecified atom stereocenters. The molecular weight excluding hydrogens is 555 g/mol. The van der Waals surface area contributed by atoms with Gasteiger partial charge in [0, 0.05) is 72.6 Å². The van der Waals surface area contributed by atoms with Gasteiger partial charge >= 0.3 is 0 Å². The Morgan fingerprint density at radius 1 is 1.17 bits per heavy atom. The topological polar surface area (TPSA) is 84.5 Å². The number of fused-ring (bicyclic) bond motifs is 2. The van der Waals surface area contributed by atoms with E-state index in [4.69, 9.17) is 21.6 Å². The average Bonchev–Trinajstić information content (AvgIpc) is 3.40. The molecule has 2 aromatic carbocycles. The quantitative estimate of drug-likeness (QED) is 0.340. The van der Waals surface area contributed by atoms with Crippen molar-refractivity contribution >= 4 is 51.1 Å². The molecule has 3 aliphatic rings. The number of hydrogen-bond donors (Lipinski definition) is 1. The SMILES string of the molecule is C=CC(=O)N1CC2(CCN(c3nc(N4CC(N(C)C)C4)nc4c(F)c(-c5c(C)ccc6cn[nH]c56)c(Cl)cc34)CC2)C1. The predicted molar refractivity (Wildman–Crippen MR) is 165 cm³/mol. The molecular formula is C31H34ClFN8O. The first-order chi connectivity index (χ1) is 20.2. The smallest absolute Gasteiger partial charge is 0.245 e. The van der Waals surface area contributed by atoms with E-state index in [1.807, 2.05) is 30.0 Å². The average molecular weight is 589 g/mol. The number of nitrogens with zero attached hydrogens (tertiary/aromatic N) is 7. The standard InChI is InChI=1S/C31H34ClFN8O/c1-5-23(42)41-16-31(17-41)8-10-39(11-9-31)29-21-12-22(32)25(24-18(2)6-7-19-13-34-37-27(19)24)26(33)28(21)35-30(36-29)40-14-20(15-40)38(3)4/h5-7,12-13,20H,1,8-11,14-17H2,2-4H3,(H,34,37). The summed E-state index contributed by atoms with van der Waals surface area (Å²) >= 11 is 6.91. The molecule has 5 heterocycles. The van der Waals surface area contributed by atoms with Gasteiger partial charge in [-0.2, -0.15) is 10.1 Å². The number of H-pyrrole nitrogens is 1. The van der Waals surface area contributed by atoms with Crippen LogP contribution in [0.25, 0.3) is 32.9 Å². The van der Waals surface area contributed by atoms with Crippen molar-refractivity contribution in [3.63, 3.8) is 0 Å². The van der Waals surface area contributed by atoms with E-state index in [2.05, 4.69) is 45.6 Å². The summed E-state index contributed by atoms with van der Waals surface area (Å²) in [6.45, 7) is 10.1. The van der Waals surface area contributed by atoms with Crippen molar-refractivity contribution in [3.05, 3.63) is 53.5 Å². The van der Waals surface area contributed by atoms with Gasteiger partial charge in [-0.3, -0.25) is 9.89 Å². The second-order valence-electron chi connectivity index (χ2n) is 12.3. The van der Waals surface area contributed by atoms with Gasteiger partial charge in [-0.1, -0.05) is 30.3 Å². The molecule has 1 amide bonds. The molecule has 3 fully saturated rings. The van der Waals surface area contributed by atoms with E-state index in [0.29, 0.717) is 39.3 Å². The number of piperidine rings is 1. The molecule has 1 N–H and O–H groups in total. The number of aromatic amines is 1. The number of hydrogen-bond acceptors (Lipinski definition) is 7. The molecule has 4 aromatic rings. The molecule has 0 aliphatic carbocycles. The van der Waals surface area contributed by atoms with Gasteiger partial charge in [-0.15, -0.1) is 0 Å². The molecule has 0 atom stereocenters. The number of amides is 1. The monoisotopic (exact) mass is 588 g/mol. The maximum Gasteiger partial charge on any atom is 0.245 e. The highest BCUT2D eigenvalue weighted by molar-refractivity contribution is 6.35. The Balaban J connectivity index is 1.30. The number of rotatable bonds is 5. The molecule has 0 radical (unpaired) electrons. The van der Waals surface area contributed by atoms with Crippen molar-refractivity contribution < 1.29 is 9.18 Å². The van der Waals surface area contributed by atoms with Gasteiger partial charge in [-0.05, 0) is 51.6 Å². The van der Waals surface area contributed by atoms with Gasteiger partial charge in [0.1, 0.15) is 11.3 Å². The lowest BCUT2D eigenvalue weighted by atomic mass is 9.72. The lowest BCUT2D eigenvalue weighted by Gasteiger charge is -2.54. The lowest BCUT2D eigenvalue weighted by molar-refractivity contribution is -0.139. The molecule has 218 valence electrons. The summed E-state index contributed by atoms with van der Waals surface area (Å²) in [6.07, 6.45) is 4.97. The fraction of sp³-hybridized carbons (Fsp3) is 0.419. The minimum absolute atomic E-state index is 0.0120. The number of carbonyl (C=O) groups excluding carboxylic acids is 1. The van der Waals surface area contributed by atoms with Crippen LogP contribution in [-0.2, 0) is 4.79 Å². The van der Waals surface area contributed by atoms with Crippen LogP contribution < -0.4 is 9.80 Å². The van der Waals surface area contributed by atoms with Crippen LogP contribution in [-0.4, -0.2) is 95.3 Å². The number of halogens is 2. The van der Waals surface area contributed by atoms with E-state index in [9.17, 15) is 4.79 Å². The van der Waals surface area contributed by atoms with Crippen LogP contribution in [0.5, 0.6) is 0 Å². The zero-order valence-electron chi connectivity index (χ0n) is 24.1. The first-order valence-corrected chi connectivity index (χ1v) is 14.8. The van der Waals surface area contributed by atoms with Crippen LogP contribution in [0, 0.1) is 18.2 Å². The molecule has 1 spiro atoms. The predicted octanol–water partition coefficient (Wildman–Crippen LogP) is 4.64. The summed E-state index contributed by atoms with van der Waals surface area (Å²) in [6, 6.07) is 6.14. The third kappa shape index (κ3) is 4.22. The Hall–Kier alpha value is -3.76. The molecule has 3 saturated heterocycles. The van der Waals surface area contributed by atoms with Crippen LogP contribution in [0.15, 0.2) is 37.1 Å². The Morgan fingerprint density at radius 2 is 1.90 bits per heavy atom. The van der Waals surface area contributed by atoms with Crippen molar-refractivity contribution in [2.75, 3.05) is 63.2 Å². The summed E-state index contributed by atoms with van der Waals surface area (Å²) in [7, 11) is 4.13. The van der Waals surface area contributed by atoms with Crippen molar-refractivity contribution in [2.24, 2.45) is 5.41 Å². The van der Waals surface area contributed by atoms with Crippen LogP contribution in [0.4, 0.5) is 16.2 Å². The lowest BCUT2D eigenvalue weighted by Crippen LogP contribution is -2.61. The fourth-order valence-corrected chi connectivity index (χ4v) is 7.01. The van der Waals surface area contributed by atoms with Crippen LogP contribution >= 0.6 is 11.6 Å². The van der Waals surface area contributed by atoms with Gasteiger partial charge in [0.05, 0.1) is 16.7 Å². The third-order valence-corrected chi connectivity index (χ3v) is 9.76. The fourth-order valence-electron chi connectivity index (χ4n) is 6.72. The normalized spacial score (nSPS) is 18.7.